The third-order valence-corrected chi connectivity index (χ3v) is 4.37. The van der Waals surface area contributed by atoms with Gasteiger partial charge in [-0.3, -0.25) is 9.48 Å². The number of piperidine rings is 1. The molecule has 2 heterocycles. The van der Waals surface area contributed by atoms with E-state index in [0.29, 0.717) is 18.3 Å². The van der Waals surface area contributed by atoms with Crippen molar-refractivity contribution in [3.8, 4) is 0 Å². The third kappa shape index (κ3) is 5.50. The standard InChI is InChI=1S/C16H28N4O/c1-13(15-6-4-7-17-11-15)9-16(21)18-8-3-5-14-10-19-20(2)12-14/h10,12-13,15,17H,3-9,11H2,1-2H3,(H,18,21). The van der Waals surface area contributed by atoms with Crippen molar-refractivity contribution in [2.45, 2.75) is 39.0 Å². The molecule has 1 saturated heterocycles. The Hall–Kier alpha value is -1.36. The van der Waals surface area contributed by atoms with Gasteiger partial charge >= 0.3 is 0 Å². The highest BCUT2D eigenvalue weighted by Crippen LogP contribution is 2.22. The second-order valence-electron chi connectivity index (χ2n) is 6.26. The average Bonchev–Trinajstić information content (AvgIpc) is 2.90. The molecular weight excluding hydrogens is 264 g/mol. The van der Waals surface area contributed by atoms with Crippen LogP contribution in [0.3, 0.4) is 0 Å². The van der Waals surface area contributed by atoms with E-state index in [-0.39, 0.29) is 5.91 Å². The summed E-state index contributed by atoms with van der Waals surface area (Å²) in [5.41, 5.74) is 1.23. The van der Waals surface area contributed by atoms with Gasteiger partial charge in [0.05, 0.1) is 6.20 Å². The molecule has 1 amide bonds. The Kier molecular flexibility index (Phi) is 6.23. The molecule has 1 aromatic rings. The van der Waals surface area contributed by atoms with Crippen LogP contribution in [0.15, 0.2) is 12.4 Å². The maximum absolute atomic E-state index is 12.0. The van der Waals surface area contributed by atoms with Crippen molar-refractivity contribution in [3.05, 3.63) is 18.0 Å². The Bertz CT molecular complexity index is 437. The van der Waals surface area contributed by atoms with Crippen LogP contribution in [0.25, 0.3) is 0 Å². The minimum absolute atomic E-state index is 0.194. The molecule has 0 spiro atoms. The highest BCUT2D eigenvalue weighted by atomic mass is 16.1. The topological polar surface area (TPSA) is 59.0 Å². The third-order valence-electron chi connectivity index (χ3n) is 4.37. The number of hydrogen-bond acceptors (Lipinski definition) is 3. The minimum atomic E-state index is 0.194. The van der Waals surface area contributed by atoms with E-state index < -0.39 is 0 Å². The Labute approximate surface area is 127 Å². The summed E-state index contributed by atoms with van der Waals surface area (Å²) in [7, 11) is 1.92. The van der Waals surface area contributed by atoms with Gasteiger partial charge in [-0.2, -0.15) is 5.10 Å². The molecule has 5 nitrogen and oxygen atoms in total. The van der Waals surface area contributed by atoms with Gasteiger partial charge in [0.2, 0.25) is 5.91 Å². The smallest absolute Gasteiger partial charge is 0.220 e. The number of nitrogens with one attached hydrogen (secondary N) is 2. The van der Waals surface area contributed by atoms with Gasteiger partial charge in [0.25, 0.3) is 0 Å². The zero-order valence-electron chi connectivity index (χ0n) is 13.3. The summed E-state index contributed by atoms with van der Waals surface area (Å²) in [6.45, 7) is 5.15. The van der Waals surface area contributed by atoms with Crippen molar-refractivity contribution >= 4 is 5.91 Å². The molecule has 0 bridgehead atoms. The summed E-state index contributed by atoms with van der Waals surface area (Å²) in [6, 6.07) is 0. The lowest BCUT2D eigenvalue weighted by Crippen LogP contribution is -2.35. The molecule has 1 aromatic heterocycles. The fraction of sp³-hybridized carbons (Fsp3) is 0.750. The summed E-state index contributed by atoms with van der Waals surface area (Å²) in [4.78, 5) is 12.0. The number of carbonyl (C=O) groups excluding carboxylic acids is 1. The minimum Gasteiger partial charge on any atom is -0.356 e. The molecule has 1 aliphatic rings. The quantitative estimate of drug-likeness (QED) is 0.749. The van der Waals surface area contributed by atoms with Crippen LogP contribution in [0.5, 0.6) is 0 Å². The first-order valence-corrected chi connectivity index (χ1v) is 8.10. The number of rotatable bonds is 7. The molecule has 1 aliphatic heterocycles. The van der Waals surface area contributed by atoms with Crippen molar-refractivity contribution in [3.63, 3.8) is 0 Å². The Morgan fingerprint density at radius 3 is 3.14 bits per heavy atom. The molecule has 21 heavy (non-hydrogen) atoms. The molecule has 5 heteroatoms. The van der Waals surface area contributed by atoms with Crippen LogP contribution < -0.4 is 10.6 Å². The van der Waals surface area contributed by atoms with Gasteiger partial charge in [-0.25, -0.2) is 0 Å². The number of aryl methyl sites for hydroxylation is 2. The number of hydrogen-bond donors (Lipinski definition) is 2. The largest absolute Gasteiger partial charge is 0.356 e. The van der Waals surface area contributed by atoms with Crippen molar-refractivity contribution in [1.29, 1.82) is 0 Å². The molecule has 2 unspecified atom stereocenters. The fourth-order valence-electron chi connectivity index (χ4n) is 3.02. The summed E-state index contributed by atoms with van der Waals surface area (Å²) in [5, 5.41) is 10.6. The van der Waals surface area contributed by atoms with E-state index >= 15 is 0 Å². The monoisotopic (exact) mass is 292 g/mol. The molecule has 118 valence electrons. The van der Waals surface area contributed by atoms with Gasteiger partial charge in [-0.15, -0.1) is 0 Å². The first-order chi connectivity index (χ1) is 10.1. The molecule has 0 radical (unpaired) electrons. The van der Waals surface area contributed by atoms with E-state index in [2.05, 4.69) is 22.7 Å². The van der Waals surface area contributed by atoms with Gasteiger partial charge in [0.1, 0.15) is 0 Å². The van der Waals surface area contributed by atoms with Crippen LogP contribution in [-0.2, 0) is 18.3 Å². The number of carbonyl (C=O) groups is 1. The first-order valence-electron chi connectivity index (χ1n) is 8.10. The number of nitrogens with zero attached hydrogens (tertiary/aromatic N) is 2. The van der Waals surface area contributed by atoms with E-state index in [4.69, 9.17) is 0 Å². The summed E-state index contributed by atoms with van der Waals surface area (Å²) in [6.07, 6.45) is 9.00. The molecule has 1 fully saturated rings. The summed E-state index contributed by atoms with van der Waals surface area (Å²) in [5.74, 6) is 1.32. The highest BCUT2D eigenvalue weighted by molar-refractivity contribution is 5.76. The van der Waals surface area contributed by atoms with Crippen LogP contribution in [0, 0.1) is 11.8 Å². The molecule has 0 aromatic carbocycles. The number of aromatic nitrogens is 2. The zero-order valence-corrected chi connectivity index (χ0v) is 13.3. The Balaban J connectivity index is 1.58. The van der Waals surface area contributed by atoms with Gasteiger partial charge in [0, 0.05) is 26.2 Å². The highest BCUT2D eigenvalue weighted by Gasteiger charge is 2.21. The maximum atomic E-state index is 12.0. The molecule has 2 rings (SSSR count). The lowest BCUT2D eigenvalue weighted by molar-refractivity contribution is -0.122. The van der Waals surface area contributed by atoms with Crippen molar-refractivity contribution in [1.82, 2.24) is 20.4 Å². The zero-order chi connectivity index (χ0) is 15.1. The van der Waals surface area contributed by atoms with Crippen molar-refractivity contribution in [2.75, 3.05) is 19.6 Å². The van der Waals surface area contributed by atoms with Crippen LogP contribution in [0.4, 0.5) is 0 Å². The molecule has 2 N–H and O–H groups in total. The molecular formula is C16H28N4O. The fourth-order valence-corrected chi connectivity index (χ4v) is 3.02. The molecule has 2 atom stereocenters. The van der Waals surface area contributed by atoms with E-state index in [1.54, 1.807) is 0 Å². The van der Waals surface area contributed by atoms with E-state index in [0.717, 1.165) is 32.5 Å². The SMILES string of the molecule is CC(CC(=O)NCCCc1cnn(C)c1)C1CCCNC1. The predicted molar refractivity (Wildman–Crippen MR) is 83.9 cm³/mol. The lowest BCUT2D eigenvalue weighted by atomic mass is 9.85. The predicted octanol–water partition coefficient (Wildman–Crippen LogP) is 1.49. The van der Waals surface area contributed by atoms with Crippen LogP contribution in [-0.4, -0.2) is 35.3 Å². The average molecular weight is 292 g/mol. The molecule has 0 aliphatic carbocycles. The Morgan fingerprint density at radius 2 is 2.48 bits per heavy atom. The van der Waals surface area contributed by atoms with E-state index in [9.17, 15) is 4.79 Å². The first kappa shape index (κ1) is 16.0. The van der Waals surface area contributed by atoms with Crippen LogP contribution in [0.1, 0.15) is 38.2 Å². The van der Waals surface area contributed by atoms with Gasteiger partial charge in [-0.1, -0.05) is 6.92 Å². The summed E-state index contributed by atoms with van der Waals surface area (Å²) >= 11 is 0. The number of amides is 1. The van der Waals surface area contributed by atoms with Gasteiger partial charge in [-0.05, 0) is 56.2 Å². The van der Waals surface area contributed by atoms with E-state index in [1.165, 1.54) is 18.4 Å². The lowest BCUT2D eigenvalue weighted by Gasteiger charge is -2.28. The van der Waals surface area contributed by atoms with Crippen LogP contribution in [0.2, 0.25) is 0 Å². The van der Waals surface area contributed by atoms with Crippen LogP contribution >= 0.6 is 0 Å². The second-order valence-corrected chi connectivity index (χ2v) is 6.26. The van der Waals surface area contributed by atoms with E-state index in [1.807, 2.05) is 24.1 Å². The van der Waals surface area contributed by atoms with Crippen molar-refractivity contribution < 1.29 is 4.79 Å². The van der Waals surface area contributed by atoms with Crippen molar-refractivity contribution in [2.24, 2.45) is 18.9 Å². The Morgan fingerprint density at radius 1 is 1.62 bits per heavy atom. The van der Waals surface area contributed by atoms with Gasteiger partial charge < -0.3 is 10.6 Å². The maximum Gasteiger partial charge on any atom is 0.220 e. The van der Waals surface area contributed by atoms with Gasteiger partial charge in [0.15, 0.2) is 0 Å². The second kappa shape index (κ2) is 8.17. The normalized spacial score (nSPS) is 20.2. The summed E-state index contributed by atoms with van der Waals surface area (Å²) < 4.78 is 1.81. The molecule has 0 saturated carbocycles.